The summed E-state index contributed by atoms with van der Waals surface area (Å²) in [5, 5.41) is 2.76. The highest BCUT2D eigenvalue weighted by molar-refractivity contribution is 7.90. The summed E-state index contributed by atoms with van der Waals surface area (Å²) in [6.45, 7) is 4.27. The number of anilines is 1. The minimum Gasteiger partial charge on any atom is -0.330 e. The average Bonchev–Trinajstić information content (AvgIpc) is 2.37. The minimum atomic E-state index is -3.28. The fourth-order valence-electron chi connectivity index (χ4n) is 1.82. The number of nitrogens with two attached hydrogens (primary N) is 1. The summed E-state index contributed by atoms with van der Waals surface area (Å²) in [6.07, 6.45) is 2.33. The van der Waals surface area contributed by atoms with Crippen molar-refractivity contribution in [3.8, 4) is 0 Å². The van der Waals surface area contributed by atoms with Crippen LogP contribution in [0.1, 0.15) is 25.3 Å². The van der Waals surface area contributed by atoms with Crippen molar-refractivity contribution >= 4 is 21.4 Å². The number of nitrogens with one attached hydrogen (secondary N) is 1. The van der Waals surface area contributed by atoms with Crippen LogP contribution in [0.2, 0.25) is 0 Å². The Hall–Kier alpha value is -1.40. The van der Waals surface area contributed by atoms with Gasteiger partial charge in [-0.2, -0.15) is 0 Å². The van der Waals surface area contributed by atoms with Gasteiger partial charge in [0.25, 0.3) is 0 Å². The predicted molar refractivity (Wildman–Crippen MR) is 80.4 cm³/mol. The zero-order valence-corrected chi connectivity index (χ0v) is 13.0. The van der Waals surface area contributed by atoms with E-state index in [-0.39, 0.29) is 16.7 Å². The normalized spacial score (nSPS) is 13.0. The SMILES string of the molecule is CCC(CN)CC(=O)Nc1cc(S(C)(=O)=O)ccc1C. The van der Waals surface area contributed by atoms with Gasteiger partial charge in [0.15, 0.2) is 9.84 Å². The molecule has 5 nitrogen and oxygen atoms in total. The summed E-state index contributed by atoms with van der Waals surface area (Å²) in [4.78, 5) is 12.1. The first-order valence-electron chi connectivity index (χ1n) is 6.58. The molecular formula is C14H22N2O3S. The topological polar surface area (TPSA) is 89.3 Å². The van der Waals surface area contributed by atoms with Crippen LogP contribution >= 0.6 is 0 Å². The van der Waals surface area contributed by atoms with Crippen molar-refractivity contribution in [2.24, 2.45) is 11.7 Å². The van der Waals surface area contributed by atoms with Crippen molar-refractivity contribution in [2.75, 3.05) is 18.1 Å². The maximum Gasteiger partial charge on any atom is 0.224 e. The largest absolute Gasteiger partial charge is 0.330 e. The maximum atomic E-state index is 11.9. The summed E-state index contributed by atoms with van der Waals surface area (Å²) in [7, 11) is -3.28. The van der Waals surface area contributed by atoms with Gasteiger partial charge in [-0.3, -0.25) is 4.79 Å². The molecule has 1 atom stereocenters. The monoisotopic (exact) mass is 298 g/mol. The van der Waals surface area contributed by atoms with Gasteiger partial charge in [-0.1, -0.05) is 19.4 Å². The first-order valence-corrected chi connectivity index (χ1v) is 8.47. The van der Waals surface area contributed by atoms with Crippen molar-refractivity contribution in [3.63, 3.8) is 0 Å². The zero-order valence-electron chi connectivity index (χ0n) is 12.1. The third-order valence-corrected chi connectivity index (χ3v) is 4.41. The Morgan fingerprint density at radius 1 is 1.40 bits per heavy atom. The van der Waals surface area contributed by atoms with E-state index in [4.69, 9.17) is 5.73 Å². The van der Waals surface area contributed by atoms with E-state index < -0.39 is 9.84 Å². The molecule has 0 spiro atoms. The van der Waals surface area contributed by atoms with Crippen LogP contribution in [0.3, 0.4) is 0 Å². The minimum absolute atomic E-state index is 0.143. The molecule has 0 heterocycles. The average molecular weight is 298 g/mol. The van der Waals surface area contributed by atoms with Crippen LogP contribution in [0.5, 0.6) is 0 Å². The van der Waals surface area contributed by atoms with Crippen LogP contribution in [-0.4, -0.2) is 27.1 Å². The Kier molecular flexibility index (Phi) is 5.71. The van der Waals surface area contributed by atoms with E-state index in [1.807, 2.05) is 13.8 Å². The third kappa shape index (κ3) is 4.61. The molecule has 0 fully saturated rings. The van der Waals surface area contributed by atoms with Crippen molar-refractivity contribution in [1.82, 2.24) is 0 Å². The number of hydrogen-bond donors (Lipinski definition) is 2. The molecule has 20 heavy (non-hydrogen) atoms. The molecule has 1 rings (SSSR count). The highest BCUT2D eigenvalue weighted by atomic mass is 32.2. The highest BCUT2D eigenvalue weighted by Crippen LogP contribution is 2.21. The lowest BCUT2D eigenvalue weighted by atomic mass is 10.0. The van der Waals surface area contributed by atoms with Gasteiger partial charge in [0.2, 0.25) is 5.91 Å². The van der Waals surface area contributed by atoms with Gasteiger partial charge in [-0.05, 0) is 37.1 Å². The molecule has 0 saturated heterocycles. The summed E-state index contributed by atoms with van der Waals surface area (Å²) < 4.78 is 23.0. The fourth-order valence-corrected chi connectivity index (χ4v) is 2.47. The van der Waals surface area contributed by atoms with E-state index in [2.05, 4.69) is 5.32 Å². The van der Waals surface area contributed by atoms with Gasteiger partial charge < -0.3 is 11.1 Å². The first-order chi connectivity index (χ1) is 9.27. The number of carbonyl (C=O) groups is 1. The second-order valence-electron chi connectivity index (χ2n) is 5.01. The van der Waals surface area contributed by atoms with Gasteiger partial charge >= 0.3 is 0 Å². The quantitative estimate of drug-likeness (QED) is 0.836. The maximum absolute atomic E-state index is 11.9. The fraction of sp³-hybridized carbons (Fsp3) is 0.500. The summed E-state index contributed by atoms with van der Waals surface area (Å²) in [6, 6.07) is 4.72. The molecule has 0 aliphatic rings. The Labute approximate surface area is 120 Å². The third-order valence-electron chi connectivity index (χ3n) is 3.30. The number of aryl methyl sites for hydroxylation is 1. The Morgan fingerprint density at radius 2 is 2.05 bits per heavy atom. The van der Waals surface area contributed by atoms with E-state index in [0.717, 1.165) is 18.2 Å². The molecule has 0 bridgehead atoms. The van der Waals surface area contributed by atoms with Crippen molar-refractivity contribution in [3.05, 3.63) is 23.8 Å². The molecule has 0 saturated carbocycles. The lowest BCUT2D eigenvalue weighted by Gasteiger charge is -2.14. The number of amides is 1. The highest BCUT2D eigenvalue weighted by Gasteiger charge is 2.14. The van der Waals surface area contributed by atoms with Gasteiger partial charge in [0.1, 0.15) is 0 Å². The molecule has 0 radical (unpaired) electrons. The van der Waals surface area contributed by atoms with Crippen LogP contribution in [-0.2, 0) is 14.6 Å². The van der Waals surface area contributed by atoms with Crippen LogP contribution < -0.4 is 11.1 Å². The second kappa shape index (κ2) is 6.85. The van der Waals surface area contributed by atoms with E-state index >= 15 is 0 Å². The Bertz CT molecular complexity index is 578. The van der Waals surface area contributed by atoms with Crippen LogP contribution in [0.25, 0.3) is 0 Å². The molecule has 1 aromatic rings. The molecule has 0 aromatic heterocycles. The second-order valence-corrected chi connectivity index (χ2v) is 7.03. The molecule has 0 aliphatic heterocycles. The van der Waals surface area contributed by atoms with Crippen LogP contribution in [0.15, 0.2) is 23.1 Å². The molecule has 0 aliphatic carbocycles. The molecule has 1 unspecified atom stereocenters. The van der Waals surface area contributed by atoms with Crippen molar-refractivity contribution < 1.29 is 13.2 Å². The van der Waals surface area contributed by atoms with Crippen LogP contribution in [0, 0.1) is 12.8 Å². The van der Waals surface area contributed by atoms with Gasteiger partial charge in [0, 0.05) is 18.4 Å². The number of carbonyl (C=O) groups excluding carboxylic acids is 1. The Balaban J connectivity index is 2.89. The predicted octanol–water partition coefficient (Wildman–Crippen LogP) is 1.71. The standard InChI is InChI=1S/C14H22N2O3S/c1-4-11(9-15)7-14(17)16-13-8-12(20(3,18)19)6-5-10(13)2/h5-6,8,11H,4,7,9,15H2,1-3H3,(H,16,17). The smallest absolute Gasteiger partial charge is 0.224 e. The van der Waals surface area contributed by atoms with Gasteiger partial charge in [-0.25, -0.2) is 8.42 Å². The number of hydrogen-bond acceptors (Lipinski definition) is 4. The van der Waals surface area contributed by atoms with E-state index in [1.165, 1.54) is 12.1 Å². The van der Waals surface area contributed by atoms with E-state index in [0.29, 0.717) is 18.7 Å². The number of sulfone groups is 1. The summed E-state index contributed by atoms with van der Waals surface area (Å²) in [5.41, 5.74) is 6.93. The summed E-state index contributed by atoms with van der Waals surface area (Å²) >= 11 is 0. The summed E-state index contributed by atoms with van der Waals surface area (Å²) in [5.74, 6) is 0.00412. The zero-order chi connectivity index (χ0) is 15.3. The molecule has 1 aromatic carbocycles. The first kappa shape index (κ1) is 16.7. The molecule has 6 heteroatoms. The van der Waals surface area contributed by atoms with Gasteiger partial charge in [0.05, 0.1) is 4.90 Å². The van der Waals surface area contributed by atoms with Crippen LogP contribution in [0.4, 0.5) is 5.69 Å². The van der Waals surface area contributed by atoms with E-state index in [1.54, 1.807) is 6.07 Å². The number of benzene rings is 1. The Morgan fingerprint density at radius 3 is 2.55 bits per heavy atom. The molecule has 112 valence electrons. The lowest BCUT2D eigenvalue weighted by Crippen LogP contribution is -2.22. The van der Waals surface area contributed by atoms with E-state index in [9.17, 15) is 13.2 Å². The van der Waals surface area contributed by atoms with Crippen molar-refractivity contribution in [1.29, 1.82) is 0 Å². The molecule has 3 N–H and O–H groups in total. The molecule has 1 amide bonds. The lowest BCUT2D eigenvalue weighted by molar-refractivity contribution is -0.117. The number of rotatable bonds is 6. The van der Waals surface area contributed by atoms with Crippen molar-refractivity contribution in [2.45, 2.75) is 31.6 Å². The molecular weight excluding hydrogens is 276 g/mol. The van der Waals surface area contributed by atoms with Gasteiger partial charge in [-0.15, -0.1) is 0 Å².